The summed E-state index contributed by atoms with van der Waals surface area (Å²) in [4.78, 5) is 36.3. The van der Waals surface area contributed by atoms with Crippen LogP contribution >= 0.6 is 12.2 Å². The molecule has 26 heavy (non-hydrogen) atoms. The zero-order valence-electron chi connectivity index (χ0n) is 14.1. The van der Waals surface area contributed by atoms with E-state index in [4.69, 9.17) is 12.2 Å². The third-order valence-corrected chi connectivity index (χ3v) is 3.59. The number of nitro groups is 1. The van der Waals surface area contributed by atoms with Crippen LogP contribution in [0, 0.1) is 10.1 Å². The van der Waals surface area contributed by atoms with Crippen molar-refractivity contribution in [1.29, 1.82) is 0 Å². The minimum absolute atomic E-state index is 0.0767. The standard InChI is InChI=1S/C17H16N4O4S/c1-20(2)16(23)11-7-3-5-9-13(11)18-17(26)19-15(22)12-8-4-6-10-14(12)21(24)25/h3-10H,1-2H3,(H2,18,19,22,26). The van der Waals surface area contributed by atoms with E-state index in [-0.39, 0.29) is 22.3 Å². The lowest BCUT2D eigenvalue weighted by molar-refractivity contribution is -0.385. The number of para-hydroxylation sites is 2. The topological polar surface area (TPSA) is 105 Å². The summed E-state index contributed by atoms with van der Waals surface area (Å²) in [5, 5.41) is 16.1. The van der Waals surface area contributed by atoms with Crippen molar-refractivity contribution in [3.8, 4) is 0 Å². The Morgan fingerprint density at radius 3 is 2.23 bits per heavy atom. The molecule has 2 rings (SSSR count). The maximum Gasteiger partial charge on any atom is 0.282 e. The lowest BCUT2D eigenvalue weighted by Crippen LogP contribution is -2.35. The molecule has 2 aromatic carbocycles. The van der Waals surface area contributed by atoms with Crippen LogP contribution < -0.4 is 10.6 Å². The molecule has 0 bridgehead atoms. The quantitative estimate of drug-likeness (QED) is 0.485. The molecule has 2 amide bonds. The van der Waals surface area contributed by atoms with Crippen LogP contribution in [0.4, 0.5) is 11.4 Å². The van der Waals surface area contributed by atoms with Crippen LogP contribution in [0.5, 0.6) is 0 Å². The van der Waals surface area contributed by atoms with E-state index in [0.29, 0.717) is 11.3 Å². The Morgan fingerprint density at radius 1 is 1.04 bits per heavy atom. The normalized spacial score (nSPS) is 9.92. The second kappa shape index (κ2) is 8.17. The minimum atomic E-state index is -0.716. The molecule has 0 unspecified atom stereocenters. The summed E-state index contributed by atoms with van der Waals surface area (Å²) in [5.74, 6) is -0.952. The SMILES string of the molecule is CN(C)C(=O)c1ccccc1NC(=S)NC(=O)c1ccccc1[N+](=O)[O-]. The van der Waals surface area contributed by atoms with Crippen molar-refractivity contribution >= 4 is 40.5 Å². The average molecular weight is 372 g/mol. The van der Waals surface area contributed by atoms with Gasteiger partial charge in [-0.05, 0) is 30.4 Å². The van der Waals surface area contributed by atoms with Crippen molar-refractivity contribution in [1.82, 2.24) is 10.2 Å². The fourth-order valence-corrected chi connectivity index (χ4v) is 2.37. The van der Waals surface area contributed by atoms with Gasteiger partial charge in [0.1, 0.15) is 5.56 Å². The number of carbonyl (C=O) groups is 2. The molecule has 0 atom stereocenters. The van der Waals surface area contributed by atoms with Gasteiger partial charge in [0, 0.05) is 20.2 Å². The molecule has 0 saturated heterocycles. The second-order valence-corrected chi connectivity index (χ2v) is 5.84. The Bertz CT molecular complexity index is 883. The zero-order valence-corrected chi connectivity index (χ0v) is 14.9. The predicted octanol–water partition coefficient (Wildman–Crippen LogP) is 2.42. The van der Waals surface area contributed by atoms with Crippen molar-refractivity contribution in [3.05, 3.63) is 69.8 Å². The Hall–Kier alpha value is -3.33. The number of anilines is 1. The third-order valence-electron chi connectivity index (χ3n) is 3.38. The number of amides is 2. The molecule has 0 aliphatic rings. The van der Waals surface area contributed by atoms with E-state index in [1.165, 1.54) is 29.2 Å². The first-order chi connectivity index (χ1) is 12.3. The number of hydrogen-bond acceptors (Lipinski definition) is 5. The number of rotatable bonds is 4. The molecule has 0 heterocycles. The van der Waals surface area contributed by atoms with Crippen molar-refractivity contribution in [3.63, 3.8) is 0 Å². The molecule has 2 aromatic rings. The van der Waals surface area contributed by atoms with E-state index in [1.807, 2.05) is 0 Å². The first-order valence-corrected chi connectivity index (χ1v) is 7.88. The van der Waals surface area contributed by atoms with Gasteiger partial charge in [-0.25, -0.2) is 0 Å². The fourth-order valence-electron chi connectivity index (χ4n) is 2.17. The maximum atomic E-state index is 12.3. The largest absolute Gasteiger partial charge is 0.345 e. The van der Waals surface area contributed by atoms with Gasteiger partial charge in [0.25, 0.3) is 17.5 Å². The van der Waals surface area contributed by atoms with Crippen LogP contribution in [0.1, 0.15) is 20.7 Å². The summed E-state index contributed by atoms with van der Waals surface area (Å²) in [5.41, 5.74) is 0.356. The first-order valence-electron chi connectivity index (χ1n) is 7.47. The van der Waals surface area contributed by atoms with E-state index < -0.39 is 10.8 Å². The fraction of sp³-hybridized carbons (Fsp3) is 0.118. The Balaban J connectivity index is 2.17. The van der Waals surface area contributed by atoms with E-state index in [9.17, 15) is 19.7 Å². The van der Waals surface area contributed by atoms with Gasteiger partial charge in [-0.1, -0.05) is 24.3 Å². The number of nitrogens with zero attached hydrogens (tertiary/aromatic N) is 2. The van der Waals surface area contributed by atoms with Gasteiger partial charge in [0.05, 0.1) is 16.2 Å². The van der Waals surface area contributed by atoms with E-state index >= 15 is 0 Å². The third kappa shape index (κ3) is 4.39. The molecular weight excluding hydrogens is 356 g/mol. The Labute approximate surface area is 155 Å². The summed E-state index contributed by atoms with van der Waals surface area (Å²) in [6, 6.07) is 12.2. The number of nitro benzene ring substituents is 1. The van der Waals surface area contributed by atoms with Crippen molar-refractivity contribution in [2.75, 3.05) is 19.4 Å². The molecule has 0 aliphatic carbocycles. The molecule has 0 fully saturated rings. The number of hydrogen-bond donors (Lipinski definition) is 2. The summed E-state index contributed by atoms with van der Waals surface area (Å²) in [7, 11) is 3.24. The molecule has 0 aliphatic heterocycles. The predicted molar refractivity (Wildman–Crippen MR) is 101 cm³/mol. The van der Waals surface area contributed by atoms with Crippen LogP contribution in [0.3, 0.4) is 0 Å². The number of benzene rings is 2. The van der Waals surface area contributed by atoms with Crippen LogP contribution in [0.2, 0.25) is 0 Å². The maximum absolute atomic E-state index is 12.3. The highest BCUT2D eigenvalue weighted by Gasteiger charge is 2.20. The lowest BCUT2D eigenvalue weighted by atomic mass is 10.1. The summed E-state index contributed by atoms with van der Waals surface area (Å²) >= 11 is 5.10. The van der Waals surface area contributed by atoms with Crippen LogP contribution in [0.25, 0.3) is 0 Å². The monoisotopic (exact) mass is 372 g/mol. The minimum Gasteiger partial charge on any atom is -0.345 e. The van der Waals surface area contributed by atoms with Gasteiger partial charge in [0.2, 0.25) is 0 Å². The molecule has 0 radical (unpaired) electrons. The molecule has 134 valence electrons. The molecule has 0 aromatic heterocycles. The average Bonchev–Trinajstić information content (AvgIpc) is 2.61. The second-order valence-electron chi connectivity index (χ2n) is 5.43. The van der Waals surface area contributed by atoms with Crippen molar-refractivity contribution in [2.45, 2.75) is 0 Å². The van der Waals surface area contributed by atoms with Gasteiger partial charge in [0.15, 0.2) is 5.11 Å². The van der Waals surface area contributed by atoms with Gasteiger partial charge in [-0.3, -0.25) is 25.0 Å². The molecular formula is C17H16N4O4S. The Morgan fingerprint density at radius 2 is 1.62 bits per heavy atom. The van der Waals surface area contributed by atoms with E-state index in [2.05, 4.69) is 10.6 Å². The van der Waals surface area contributed by atoms with Gasteiger partial charge >= 0.3 is 0 Å². The summed E-state index contributed by atoms with van der Waals surface area (Å²) < 4.78 is 0. The number of nitrogens with one attached hydrogen (secondary N) is 2. The van der Waals surface area contributed by atoms with E-state index in [1.54, 1.807) is 38.4 Å². The van der Waals surface area contributed by atoms with Crippen LogP contribution in [-0.4, -0.2) is 40.8 Å². The first kappa shape index (κ1) is 19.0. The van der Waals surface area contributed by atoms with Gasteiger partial charge < -0.3 is 10.2 Å². The highest BCUT2D eigenvalue weighted by Crippen LogP contribution is 2.18. The number of thiocarbonyl (C=S) groups is 1. The Kier molecular flexibility index (Phi) is 5.97. The highest BCUT2D eigenvalue weighted by molar-refractivity contribution is 7.80. The van der Waals surface area contributed by atoms with Crippen molar-refractivity contribution in [2.24, 2.45) is 0 Å². The zero-order chi connectivity index (χ0) is 19.3. The van der Waals surface area contributed by atoms with Gasteiger partial charge in [-0.15, -0.1) is 0 Å². The molecule has 8 nitrogen and oxygen atoms in total. The molecule has 2 N–H and O–H groups in total. The molecule has 0 spiro atoms. The number of carbonyl (C=O) groups excluding carboxylic acids is 2. The lowest BCUT2D eigenvalue weighted by Gasteiger charge is -2.16. The van der Waals surface area contributed by atoms with Crippen LogP contribution in [0.15, 0.2) is 48.5 Å². The summed E-state index contributed by atoms with van der Waals surface area (Å²) in [6.45, 7) is 0. The highest BCUT2D eigenvalue weighted by atomic mass is 32.1. The van der Waals surface area contributed by atoms with Crippen molar-refractivity contribution < 1.29 is 14.5 Å². The molecule has 9 heteroatoms. The summed E-state index contributed by atoms with van der Waals surface area (Å²) in [6.07, 6.45) is 0. The molecule has 0 saturated carbocycles. The van der Waals surface area contributed by atoms with Gasteiger partial charge in [-0.2, -0.15) is 0 Å². The van der Waals surface area contributed by atoms with Crippen LogP contribution in [-0.2, 0) is 0 Å². The smallest absolute Gasteiger partial charge is 0.282 e. The van der Waals surface area contributed by atoms with E-state index in [0.717, 1.165) is 0 Å².